The van der Waals surface area contributed by atoms with E-state index < -0.39 is 0 Å². The Morgan fingerprint density at radius 1 is 1.05 bits per heavy atom. The molecule has 0 aliphatic heterocycles. The second-order valence-electron chi connectivity index (χ2n) is 5.18. The third kappa shape index (κ3) is 2.53. The van der Waals surface area contributed by atoms with Gasteiger partial charge in [-0.05, 0) is 60.2 Å². The Kier molecular flexibility index (Phi) is 3.91. The first-order valence-electron chi connectivity index (χ1n) is 6.81. The molecule has 1 nitrogen and oxygen atoms in total. The van der Waals surface area contributed by atoms with E-state index in [1.165, 1.54) is 23.1 Å². The molecule has 1 atom stereocenters. The number of fused-ring (bicyclic) bond motifs is 1. The summed E-state index contributed by atoms with van der Waals surface area (Å²) in [5.74, 6) is 1.29. The zero-order valence-electron chi connectivity index (χ0n) is 11.3. The summed E-state index contributed by atoms with van der Waals surface area (Å²) < 4.78 is 5.36. The fourth-order valence-electron chi connectivity index (χ4n) is 2.98. The fourth-order valence-corrected chi connectivity index (χ4v) is 3.29. The molecular formula is C17H16Cl2O. The molecule has 0 spiro atoms. The smallest absolute Gasteiger partial charge is 0.119 e. The van der Waals surface area contributed by atoms with Gasteiger partial charge in [0.25, 0.3) is 0 Å². The van der Waals surface area contributed by atoms with Gasteiger partial charge in [0.2, 0.25) is 0 Å². The molecule has 2 aromatic rings. The molecule has 20 heavy (non-hydrogen) atoms. The van der Waals surface area contributed by atoms with Gasteiger partial charge in [0.15, 0.2) is 0 Å². The molecular weight excluding hydrogens is 291 g/mol. The first-order valence-corrected chi connectivity index (χ1v) is 7.56. The molecule has 0 saturated carbocycles. The fraction of sp³-hybridized carbons (Fsp3) is 0.294. The molecule has 104 valence electrons. The van der Waals surface area contributed by atoms with Crippen LogP contribution in [0.2, 0.25) is 10.0 Å². The van der Waals surface area contributed by atoms with Crippen LogP contribution in [0.4, 0.5) is 0 Å². The van der Waals surface area contributed by atoms with Crippen molar-refractivity contribution in [1.29, 1.82) is 0 Å². The first-order chi connectivity index (χ1) is 9.69. The number of halogens is 2. The minimum atomic E-state index is 0.378. The van der Waals surface area contributed by atoms with E-state index in [0.717, 1.165) is 18.6 Å². The van der Waals surface area contributed by atoms with Crippen molar-refractivity contribution >= 4 is 23.2 Å². The average molecular weight is 307 g/mol. The monoisotopic (exact) mass is 306 g/mol. The van der Waals surface area contributed by atoms with Crippen LogP contribution in [0.3, 0.4) is 0 Å². The molecule has 0 saturated heterocycles. The summed E-state index contributed by atoms with van der Waals surface area (Å²) in [4.78, 5) is 0. The van der Waals surface area contributed by atoms with Gasteiger partial charge in [0.1, 0.15) is 5.75 Å². The van der Waals surface area contributed by atoms with Gasteiger partial charge in [-0.1, -0.05) is 35.3 Å². The van der Waals surface area contributed by atoms with E-state index in [0.29, 0.717) is 16.0 Å². The highest BCUT2D eigenvalue weighted by atomic mass is 35.5. The third-order valence-electron chi connectivity index (χ3n) is 4.01. The Balaban J connectivity index is 2.06. The van der Waals surface area contributed by atoms with Crippen molar-refractivity contribution in [3.05, 3.63) is 63.1 Å². The van der Waals surface area contributed by atoms with Crippen LogP contribution in [-0.2, 0) is 6.42 Å². The maximum atomic E-state index is 6.16. The van der Waals surface area contributed by atoms with Crippen molar-refractivity contribution < 1.29 is 4.74 Å². The van der Waals surface area contributed by atoms with Crippen LogP contribution in [0.5, 0.6) is 5.75 Å². The van der Waals surface area contributed by atoms with E-state index in [1.54, 1.807) is 7.11 Å². The minimum absolute atomic E-state index is 0.378. The predicted octanol–water partition coefficient (Wildman–Crippen LogP) is 5.47. The van der Waals surface area contributed by atoms with E-state index in [2.05, 4.69) is 18.2 Å². The van der Waals surface area contributed by atoms with E-state index in [9.17, 15) is 0 Å². The van der Waals surface area contributed by atoms with Crippen LogP contribution < -0.4 is 4.74 Å². The zero-order valence-corrected chi connectivity index (χ0v) is 12.8. The molecule has 0 radical (unpaired) electrons. The molecule has 1 aliphatic carbocycles. The van der Waals surface area contributed by atoms with E-state index >= 15 is 0 Å². The molecule has 0 unspecified atom stereocenters. The molecule has 0 fully saturated rings. The SMILES string of the molecule is COc1ccc2c(c1)[C@@H](c1ccc(Cl)c(Cl)c1)CCC2. The number of ether oxygens (including phenoxy) is 1. The molecule has 3 rings (SSSR count). The standard InChI is InChI=1S/C17H16Cl2O/c1-20-13-7-5-11-3-2-4-14(15(11)10-13)12-6-8-16(18)17(19)9-12/h5-10,14H,2-4H2,1H3/t14-/m1/s1. The van der Waals surface area contributed by atoms with Crippen LogP contribution in [0.25, 0.3) is 0 Å². The Hall–Kier alpha value is -1.18. The van der Waals surface area contributed by atoms with Gasteiger partial charge in [0.05, 0.1) is 17.2 Å². The lowest BCUT2D eigenvalue weighted by atomic mass is 9.79. The Morgan fingerprint density at radius 2 is 1.90 bits per heavy atom. The van der Waals surface area contributed by atoms with E-state index in [-0.39, 0.29) is 0 Å². The highest BCUT2D eigenvalue weighted by Crippen LogP contribution is 2.39. The Labute approximate surface area is 129 Å². The maximum Gasteiger partial charge on any atom is 0.119 e. The summed E-state index contributed by atoms with van der Waals surface area (Å²) in [6.45, 7) is 0. The lowest BCUT2D eigenvalue weighted by molar-refractivity contribution is 0.413. The first kappa shape index (κ1) is 13.8. The largest absolute Gasteiger partial charge is 0.497 e. The molecule has 1 aliphatic rings. The number of hydrogen-bond donors (Lipinski definition) is 0. The van der Waals surface area contributed by atoms with Crippen LogP contribution in [0.15, 0.2) is 36.4 Å². The summed E-state index contributed by atoms with van der Waals surface area (Å²) in [5, 5.41) is 1.23. The summed E-state index contributed by atoms with van der Waals surface area (Å²) in [6.07, 6.45) is 3.47. The Morgan fingerprint density at radius 3 is 2.65 bits per heavy atom. The van der Waals surface area contributed by atoms with Crippen molar-refractivity contribution in [1.82, 2.24) is 0 Å². The van der Waals surface area contributed by atoms with Gasteiger partial charge in [-0.3, -0.25) is 0 Å². The number of rotatable bonds is 2. The van der Waals surface area contributed by atoms with Gasteiger partial charge in [-0.25, -0.2) is 0 Å². The van der Waals surface area contributed by atoms with Crippen LogP contribution in [0, 0.1) is 0 Å². The average Bonchev–Trinajstić information content (AvgIpc) is 2.49. The van der Waals surface area contributed by atoms with Gasteiger partial charge < -0.3 is 4.74 Å². The molecule has 0 bridgehead atoms. The third-order valence-corrected chi connectivity index (χ3v) is 4.75. The van der Waals surface area contributed by atoms with Gasteiger partial charge in [-0.15, -0.1) is 0 Å². The maximum absolute atomic E-state index is 6.16. The summed E-state index contributed by atoms with van der Waals surface area (Å²) >= 11 is 12.2. The van der Waals surface area contributed by atoms with Crippen molar-refractivity contribution in [2.24, 2.45) is 0 Å². The molecule has 0 aromatic heterocycles. The normalized spacial score (nSPS) is 17.6. The lowest BCUT2D eigenvalue weighted by Crippen LogP contribution is -2.11. The van der Waals surface area contributed by atoms with Crippen molar-refractivity contribution in [3.8, 4) is 5.75 Å². The lowest BCUT2D eigenvalue weighted by Gasteiger charge is -2.26. The molecule has 2 aromatic carbocycles. The summed E-state index contributed by atoms with van der Waals surface area (Å²) in [7, 11) is 1.71. The van der Waals surface area contributed by atoms with Crippen molar-refractivity contribution in [3.63, 3.8) is 0 Å². The molecule has 0 N–H and O–H groups in total. The summed E-state index contributed by atoms with van der Waals surface area (Å²) in [6, 6.07) is 12.3. The molecule has 0 heterocycles. The van der Waals surface area contributed by atoms with E-state index in [4.69, 9.17) is 27.9 Å². The minimum Gasteiger partial charge on any atom is -0.497 e. The molecule has 3 heteroatoms. The second kappa shape index (κ2) is 5.67. The molecule has 0 amide bonds. The second-order valence-corrected chi connectivity index (χ2v) is 6.00. The van der Waals surface area contributed by atoms with Gasteiger partial charge in [0, 0.05) is 5.92 Å². The van der Waals surface area contributed by atoms with Crippen LogP contribution >= 0.6 is 23.2 Å². The number of methoxy groups -OCH3 is 1. The zero-order chi connectivity index (χ0) is 14.1. The summed E-state index contributed by atoms with van der Waals surface area (Å²) in [5.41, 5.74) is 4.00. The number of aryl methyl sites for hydroxylation is 1. The van der Waals surface area contributed by atoms with Crippen molar-refractivity contribution in [2.75, 3.05) is 7.11 Å². The number of hydrogen-bond acceptors (Lipinski definition) is 1. The van der Waals surface area contributed by atoms with Gasteiger partial charge in [-0.2, -0.15) is 0 Å². The number of benzene rings is 2. The van der Waals surface area contributed by atoms with Crippen molar-refractivity contribution in [2.45, 2.75) is 25.2 Å². The quantitative estimate of drug-likeness (QED) is 0.715. The highest BCUT2D eigenvalue weighted by Gasteiger charge is 2.22. The van der Waals surface area contributed by atoms with Gasteiger partial charge >= 0.3 is 0 Å². The topological polar surface area (TPSA) is 9.23 Å². The Bertz CT molecular complexity index is 637. The van der Waals surface area contributed by atoms with E-state index in [1.807, 2.05) is 18.2 Å². The predicted molar refractivity (Wildman–Crippen MR) is 84.2 cm³/mol. The highest BCUT2D eigenvalue weighted by molar-refractivity contribution is 6.42. The van der Waals surface area contributed by atoms with Crippen LogP contribution in [-0.4, -0.2) is 7.11 Å². The van der Waals surface area contributed by atoms with Crippen LogP contribution in [0.1, 0.15) is 35.4 Å².